The molecule has 3 N–H and O–H groups in total. The van der Waals surface area contributed by atoms with Gasteiger partial charge in [-0.1, -0.05) is 0 Å². The van der Waals surface area contributed by atoms with E-state index in [0.717, 1.165) is 24.5 Å². The van der Waals surface area contributed by atoms with E-state index in [1.807, 2.05) is 26.0 Å². The Balaban J connectivity index is 0.000000409. The van der Waals surface area contributed by atoms with E-state index in [9.17, 15) is 4.79 Å². The Bertz CT molecular complexity index is 702. The number of hydrogen-bond acceptors (Lipinski definition) is 7. The van der Waals surface area contributed by atoms with Gasteiger partial charge in [0.2, 0.25) is 5.91 Å². The topological polar surface area (TPSA) is 135 Å². The number of carbonyl (C=O) groups excluding carboxylic acids is 1. The molecule has 1 aromatic rings. The highest BCUT2D eigenvalue weighted by Crippen LogP contribution is 2.32. The van der Waals surface area contributed by atoms with Crippen LogP contribution in [0.3, 0.4) is 0 Å². The fourth-order valence-corrected chi connectivity index (χ4v) is 2.94. The Labute approximate surface area is 162 Å². The number of ether oxygens (including phenoxy) is 3. The maximum Gasteiger partial charge on any atom is 0.414 e. The van der Waals surface area contributed by atoms with Crippen LogP contribution in [0.4, 0.5) is 5.69 Å². The van der Waals surface area contributed by atoms with Crippen molar-refractivity contribution in [1.29, 1.82) is 0 Å². The number of rotatable bonds is 3. The minimum atomic E-state index is -1.82. The van der Waals surface area contributed by atoms with Crippen molar-refractivity contribution in [3.8, 4) is 11.5 Å². The lowest BCUT2D eigenvalue weighted by atomic mass is 10.2. The van der Waals surface area contributed by atoms with Crippen LogP contribution in [0.1, 0.15) is 13.8 Å². The van der Waals surface area contributed by atoms with E-state index in [4.69, 9.17) is 34.0 Å². The van der Waals surface area contributed by atoms with Crippen molar-refractivity contribution in [1.82, 2.24) is 4.90 Å². The molecule has 3 rings (SSSR count). The molecule has 1 amide bonds. The molecule has 2 heterocycles. The first kappa shape index (κ1) is 21.5. The highest BCUT2D eigenvalue weighted by Gasteiger charge is 2.23. The molecular formula is C18H24N2O8. The van der Waals surface area contributed by atoms with Crippen LogP contribution in [0.15, 0.2) is 18.2 Å². The van der Waals surface area contributed by atoms with Gasteiger partial charge in [0.05, 0.1) is 18.8 Å². The maximum atomic E-state index is 12.2. The summed E-state index contributed by atoms with van der Waals surface area (Å²) in [7, 11) is 0. The zero-order valence-electron chi connectivity index (χ0n) is 15.7. The number of carbonyl (C=O) groups is 3. The van der Waals surface area contributed by atoms with Gasteiger partial charge >= 0.3 is 11.9 Å². The van der Waals surface area contributed by atoms with Gasteiger partial charge in [-0.15, -0.1) is 0 Å². The summed E-state index contributed by atoms with van der Waals surface area (Å²) in [6, 6.07) is 5.45. The molecule has 0 radical (unpaired) electrons. The molecular weight excluding hydrogens is 372 g/mol. The van der Waals surface area contributed by atoms with Gasteiger partial charge in [-0.2, -0.15) is 0 Å². The largest absolute Gasteiger partial charge is 0.486 e. The predicted molar refractivity (Wildman–Crippen MR) is 97.8 cm³/mol. The Hall–Kier alpha value is -2.85. The third-order valence-electron chi connectivity index (χ3n) is 3.87. The van der Waals surface area contributed by atoms with E-state index in [-0.39, 0.29) is 18.1 Å². The molecule has 1 saturated heterocycles. The van der Waals surface area contributed by atoms with Gasteiger partial charge in [-0.3, -0.25) is 9.69 Å². The standard InChI is InChI=1S/C16H22N2O4.C2H2O4/c1-11-8-18(9-12(2)22-11)10-16(19)17-13-3-4-14-15(7-13)21-6-5-20-14;3-1(4)2(5)6/h3-4,7,11-12H,5-6,8-10H2,1-2H3,(H,17,19);(H,3,4)(H,5,6). The summed E-state index contributed by atoms with van der Waals surface area (Å²) in [5, 5.41) is 17.7. The number of benzene rings is 1. The summed E-state index contributed by atoms with van der Waals surface area (Å²) in [5.41, 5.74) is 0.726. The number of nitrogens with zero attached hydrogens (tertiary/aromatic N) is 1. The van der Waals surface area contributed by atoms with Gasteiger partial charge in [-0.05, 0) is 26.0 Å². The SMILES string of the molecule is CC1CN(CC(=O)Nc2ccc3c(c2)OCCO3)CC(C)O1.O=C(O)C(=O)O. The van der Waals surface area contributed by atoms with E-state index in [1.54, 1.807) is 6.07 Å². The van der Waals surface area contributed by atoms with Crippen LogP contribution in [0, 0.1) is 0 Å². The number of nitrogens with one attached hydrogen (secondary N) is 1. The van der Waals surface area contributed by atoms with Crippen molar-refractivity contribution >= 4 is 23.5 Å². The molecule has 1 fully saturated rings. The Kier molecular flexibility index (Phi) is 7.59. The van der Waals surface area contributed by atoms with E-state index in [0.29, 0.717) is 25.5 Å². The number of carboxylic acid groups (broad SMARTS) is 2. The smallest absolute Gasteiger partial charge is 0.414 e. The molecule has 2 aliphatic heterocycles. The zero-order valence-corrected chi connectivity index (χ0v) is 15.7. The van der Waals surface area contributed by atoms with Crippen LogP contribution < -0.4 is 14.8 Å². The zero-order chi connectivity index (χ0) is 20.7. The van der Waals surface area contributed by atoms with Crippen molar-refractivity contribution in [3.05, 3.63) is 18.2 Å². The van der Waals surface area contributed by atoms with Crippen molar-refractivity contribution in [2.45, 2.75) is 26.1 Å². The first-order valence-electron chi connectivity index (χ1n) is 8.78. The maximum absolute atomic E-state index is 12.2. The van der Waals surface area contributed by atoms with Crippen molar-refractivity contribution in [2.75, 3.05) is 38.2 Å². The Morgan fingerprint density at radius 1 is 1.04 bits per heavy atom. The van der Waals surface area contributed by atoms with Crippen LogP contribution in [-0.4, -0.2) is 78.0 Å². The van der Waals surface area contributed by atoms with E-state index >= 15 is 0 Å². The fourth-order valence-electron chi connectivity index (χ4n) is 2.94. The number of carboxylic acids is 2. The summed E-state index contributed by atoms with van der Waals surface area (Å²) in [6.07, 6.45) is 0.316. The summed E-state index contributed by atoms with van der Waals surface area (Å²) >= 11 is 0. The van der Waals surface area contributed by atoms with Crippen molar-refractivity contribution < 1.29 is 38.8 Å². The summed E-state index contributed by atoms with van der Waals surface area (Å²) in [6.45, 7) is 7.08. The fraction of sp³-hybridized carbons (Fsp3) is 0.500. The van der Waals surface area contributed by atoms with Crippen LogP contribution in [0.2, 0.25) is 0 Å². The van der Waals surface area contributed by atoms with Gasteiger partial charge in [0.15, 0.2) is 11.5 Å². The Morgan fingerprint density at radius 2 is 1.61 bits per heavy atom. The molecule has 0 aromatic heterocycles. The third kappa shape index (κ3) is 6.71. The molecule has 2 unspecified atom stereocenters. The summed E-state index contributed by atoms with van der Waals surface area (Å²) < 4.78 is 16.7. The van der Waals surface area contributed by atoms with Crippen LogP contribution >= 0.6 is 0 Å². The summed E-state index contributed by atoms with van der Waals surface area (Å²) in [5.74, 6) is -2.28. The molecule has 0 spiro atoms. The average Bonchev–Trinajstić information content (AvgIpc) is 2.61. The summed E-state index contributed by atoms with van der Waals surface area (Å²) in [4.78, 5) is 32.5. The minimum absolute atomic E-state index is 0.0297. The molecule has 0 saturated carbocycles. The third-order valence-corrected chi connectivity index (χ3v) is 3.87. The molecule has 10 nitrogen and oxygen atoms in total. The predicted octanol–water partition coefficient (Wildman–Crippen LogP) is 0.661. The van der Waals surface area contributed by atoms with Gasteiger partial charge in [0.1, 0.15) is 13.2 Å². The molecule has 10 heteroatoms. The van der Waals surface area contributed by atoms with E-state index in [1.165, 1.54) is 0 Å². The van der Waals surface area contributed by atoms with Gasteiger partial charge in [-0.25, -0.2) is 9.59 Å². The highest BCUT2D eigenvalue weighted by molar-refractivity contribution is 6.27. The van der Waals surface area contributed by atoms with E-state index < -0.39 is 11.9 Å². The molecule has 2 aliphatic rings. The number of aliphatic carboxylic acids is 2. The first-order chi connectivity index (χ1) is 13.2. The lowest BCUT2D eigenvalue weighted by molar-refractivity contribution is -0.159. The van der Waals surface area contributed by atoms with Crippen LogP contribution in [0.25, 0.3) is 0 Å². The van der Waals surface area contributed by atoms with Gasteiger partial charge in [0.25, 0.3) is 0 Å². The molecule has 2 atom stereocenters. The lowest BCUT2D eigenvalue weighted by Crippen LogP contribution is -2.48. The van der Waals surface area contributed by atoms with Gasteiger partial charge in [0, 0.05) is 24.8 Å². The first-order valence-corrected chi connectivity index (χ1v) is 8.78. The molecule has 0 bridgehead atoms. The van der Waals surface area contributed by atoms with Crippen LogP contribution in [0.5, 0.6) is 11.5 Å². The number of amides is 1. The lowest BCUT2D eigenvalue weighted by Gasteiger charge is -2.34. The molecule has 154 valence electrons. The monoisotopic (exact) mass is 396 g/mol. The number of anilines is 1. The number of fused-ring (bicyclic) bond motifs is 1. The second-order valence-corrected chi connectivity index (χ2v) is 6.47. The second-order valence-electron chi connectivity index (χ2n) is 6.47. The number of hydrogen-bond donors (Lipinski definition) is 3. The van der Waals surface area contributed by atoms with Crippen LogP contribution in [-0.2, 0) is 19.1 Å². The quantitative estimate of drug-likeness (QED) is 0.630. The number of morpholine rings is 1. The second kappa shape index (κ2) is 9.90. The molecule has 1 aromatic carbocycles. The Morgan fingerprint density at radius 3 is 2.18 bits per heavy atom. The van der Waals surface area contributed by atoms with Gasteiger partial charge < -0.3 is 29.7 Å². The molecule has 0 aliphatic carbocycles. The highest BCUT2D eigenvalue weighted by atomic mass is 16.6. The normalized spacial score (nSPS) is 21.1. The van der Waals surface area contributed by atoms with Crippen molar-refractivity contribution in [2.24, 2.45) is 0 Å². The minimum Gasteiger partial charge on any atom is -0.486 e. The van der Waals surface area contributed by atoms with Crippen molar-refractivity contribution in [3.63, 3.8) is 0 Å². The van der Waals surface area contributed by atoms with E-state index in [2.05, 4.69) is 10.2 Å². The average molecular weight is 396 g/mol. The molecule has 28 heavy (non-hydrogen) atoms.